The number of methoxy groups -OCH3 is 1. The predicted octanol–water partition coefficient (Wildman–Crippen LogP) is 2.73. The van der Waals surface area contributed by atoms with Crippen LogP contribution >= 0.6 is 0 Å². The molecule has 0 atom stereocenters. The van der Waals surface area contributed by atoms with E-state index >= 15 is 0 Å². The third-order valence-electron chi connectivity index (χ3n) is 2.34. The summed E-state index contributed by atoms with van der Waals surface area (Å²) in [7, 11) is 1.66. The van der Waals surface area contributed by atoms with Crippen molar-refractivity contribution in [2.24, 2.45) is 5.92 Å². The van der Waals surface area contributed by atoms with E-state index in [1.165, 1.54) is 0 Å². The Labute approximate surface area is 91.2 Å². The minimum atomic E-state index is 0.0741. The summed E-state index contributed by atoms with van der Waals surface area (Å²) < 4.78 is 5.17. The molecule has 0 bridgehead atoms. The molecule has 0 amide bonds. The van der Waals surface area contributed by atoms with Gasteiger partial charge in [-0.3, -0.25) is 0 Å². The molecule has 0 aliphatic rings. The molecule has 0 unspecified atom stereocenters. The van der Waals surface area contributed by atoms with Gasteiger partial charge in [-0.2, -0.15) is 0 Å². The van der Waals surface area contributed by atoms with Crippen molar-refractivity contribution < 1.29 is 9.84 Å². The molecular formula is C13H18O2. The number of hydrogen-bond acceptors (Lipinski definition) is 2. The van der Waals surface area contributed by atoms with E-state index in [1.807, 2.05) is 30.3 Å². The van der Waals surface area contributed by atoms with Crippen molar-refractivity contribution in [2.45, 2.75) is 13.8 Å². The van der Waals surface area contributed by atoms with Gasteiger partial charge >= 0.3 is 0 Å². The van der Waals surface area contributed by atoms with Crippen molar-refractivity contribution >= 4 is 5.57 Å². The molecule has 0 heterocycles. The molecule has 1 aromatic carbocycles. The van der Waals surface area contributed by atoms with Crippen LogP contribution in [0.15, 0.2) is 30.3 Å². The van der Waals surface area contributed by atoms with Crippen molar-refractivity contribution in [3.05, 3.63) is 35.9 Å². The highest BCUT2D eigenvalue weighted by Gasteiger charge is 2.06. The average molecular weight is 206 g/mol. The number of aliphatic hydroxyl groups excluding tert-OH is 1. The fraction of sp³-hybridized carbons (Fsp3) is 0.385. The van der Waals surface area contributed by atoms with E-state index in [2.05, 4.69) is 13.8 Å². The molecule has 0 saturated heterocycles. The second kappa shape index (κ2) is 5.56. The highest BCUT2D eigenvalue weighted by atomic mass is 16.5. The van der Waals surface area contributed by atoms with E-state index < -0.39 is 0 Å². The van der Waals surface area contributed by atoms with Gasteiger partial charge in [-0.1, -0.05) is 32.1 Å². The monoisotopic (exact) mass is 206 g/mol. The summed E-state index contributed by atoms with van der Waals surface area (Å²) in [6.45, 7) is 4.30. The van der Waals surface area contributed by atoms with E-state index in [0.717, 1.165) is 16.9 Å². The fourth-order valence-corrected chi connectivity index (χ4v) is 1.59. The van der Waals surface area contributed by atoms with Crippen LogP contribution in [0.4, 0.5) is 0 Å². The zero-order valence-electron chi connectivity index (χ0n) is 9.53. The van der Waals surface area contributed by atoms with Crippen molar-refractivity contribution in [1.29, 1.82) is 0 Å². The van der Waals surface area contributed by atoms with E-state index in [-0.39, 0.29) is 6.61 Å². The summed E-state index contributed by atoms with van der Waals surface area (Å²) in [5.74, 6) is 1.24. The summed E-state index contributed by atoms with van der Waals surface area (Å²) in [5, 5.41) is 8.97. The fourth-order valence-electron chi connectivity index (χ4n) is 1.59. The lowest BCUT2D eigenvalue weighted by molar-refractivity contribution is 0.342. The maximum absolute atomic E-state index is 8.97. The van der Waals surface area contributed by atoms with E-state index in [1.54, 1.807) is 7.11 Å². The van der Waals surface area contributed by atoms with E-state index in [0.29, 0.717) is 5.92 Å². The van der Waals surface area contributed by atoms with Gasteiger partial charge in [0.25, 0.3) is 0 Å². The molecule has 1 rings (SSSR count). The van der Waals surface area contributed by atoms with Crippen LogP contribution in [0.5, 0.6) is 5.75 Å². The molecule has 2 nitrogen and oxygen atoms in total. The number of allylic oxidation sites excluding steroid dienone is 1. The molecular weight excluding hydrogens is 188 g/mol. The molecule has 1 N–H and O–H groups in total. The van der Waals surface area contributed by atoms with Crippen molar-refractivity contribution in [3.63, 3.8) is 0 Å². The van der Waals surface area contributed by atoms with Crippen molar-refractivity contribution in [1.82, 2.24) is 0 Å². The Morgan fingerprint density at radius 2 is 2.20 bits per heavy atom. The third-order valence-corrected chi connectivity index (χ3v) is 2.34. The number of rotatable bonds is 4. The van der Waals surface area contributed by atoms with Gasteiger partial charge in [0.15, 0.2) is 0 Å². The highest BCUT2D eigenvalue weighted by Crippen LogP contribution is 2.25. The number of ether oxygens (including phenoxy) is 1. The third kappa shape index (κ3) is 3.10. The van der Waals surface area contributed by atoms with Gasteiger partial charge in [0.05, 0.1) is 13.7 Å². The molecule has 0 saturated carbocycles. The molecule has 0 spiro atoms. The second-order valence-electron chi connectivity index (χ2n) is 3.73. The Bertz CT molecular complexity index is 340. The Morgan fingerprint density at radius 1 is 1.47 bits per heavy atom. The van der Waals surface area contributed by atoms with E-state index in [4.69, 9.17) is 9.84 Å². The lowest BCUT2D eigenvalue weighted by atomic mass is 9.95. The predicted molar refractivity (Wildman–Crippen MR) is 62.9 cm³/mol. The van der Waals surface area contributed by atoms with Crippen LogP contribution in [0.25, 0.3) is 5.57 Å². The summed E-state index contributed by atoms with van der Waals surface area (Å²) in [4.78, 5) is 0. The smallest absolute Gasteiger partial charge is 0.119 e. The first-order chi connectivity index (χ1) is 7.19. The SMILES string of the molecule is COc1cccc(/C(=C\CO)C(C)C)c1. The first kappa shape index (κ1) is 11.8. The average Bonchev–Trinajstić information content (AvgIpc) is 2.25. The molecule has 2 heteroatoms. The van der Waals surface area contributed by atoms with Gasteiger partial charge in [-0.25, -0.2) is 0 Å². The van der Waals surface area contributed by atoms with Crippen LogP contribution < -0.4 is 4.74 Å². The normalized spacial score (nSPS) is 11.9. The highest BCUT2D eigenvalue weighted by molar-refractivity contribution is 5.68. The number of aliphatic hydroxyl groups is 1. The standard InChI is InChI=1S/C13H18O2/c1-10(2)13(7-8-14)11-5-4-6-12(9-11)15-3/h4-7,9-10,14H,8H2,1-3H3/b13-7-. The van der Waals surface area contributed by atoms with Crippen LogP contribution in [-0.2, 0) is 0 Å². The van der Waals surface area contributed by atoms with Crippen molar-refractivity contribution in [3.8, 4) is 5.75 Å². The topological polar surface area (TPSA) is 29.5 Å². The van der Waals surface area contributed by atoms with Crippen LogP contribution in [0.2, 0.25) is 0 Å². The summed E-state index contributed by atoms with van der Waals surface area (Å²) in [6.07, 6.45) is 1.85. The molecule has 82 valence electrons. The van der Waals surface area contributed by atoms with Gasteiger partial charge in [-0.05, 0) is 29.2 Å². The first-order valence-electron chi connectivity index (χ1n) is 5.14. The van der Waals surface area contributed by atoms with E-state index in [9.17, 15) is 0 Å². The zero-order valence-corrected chi connectivity index (χ0v) is 9.53. The maximum atomic E-state index is 8.97. The first-order valence-corrected chi connectivity index (χ1v) is 5.14. The molecule has 0 aliphatic heterocycles. The van der Waals surface area contributed by atoms with Crippen LogP contribution in [0.3, 0.4) is 0 Å². The van der Waals surface area contributed by atoms with Gasteiger partial charge in [0, 0.05) is 0 Å². The Balaban J connectivity index is 3.06. The van der Waals surface area contributed by atoms with Crippen molar-refractivity contribution in [2.75, 3.05) is 13.7 Å². The molecule has 0 aromatic heterocycles. The van der Waals surface area contributed by atoms with Crippen LogP contribution in [0.1, 0.15) is 19.4 Å². The van der Waals surface area contributed by atoms with Crippen LogP contribution in [-0.4, -0.2) is 18.8 Å². The van der Waals surface area contributed by atoms with Crippen LogP contribution in [0, 0.1) is 5.92 Å². The minimum absolute atomic E-state index is 0.0741. The number of hydrogen-bond donors (Lipinski definition) is 1. The van der Waals surface area contributed by atoms with Gasteiger partial charge < -0.3 is 9.84 Å². The maximum Gasteiger partial charge on any atom is 0.119 e. The van der Waals surface area contributed by atoms with Gasteiger partial charge in [0.1, 0.15) is 5.75 Å². The molecule has 0 radical (unpaired) electrons. The summed E-state index contributed by atoms with van der Waals surface area (Å²) in [5.41, 5.74) is 2.26. The van der Waals surface area contributed by atoms with Gasteiger partial charge in [0.2, 0.25) is 0 Å². The summed E-state index contributed by atoms with van der Waals surface area (Å²) in [6, 6.07) is 7.90. The largest absolute Gasteiger partial charge is 0.497 e. The molecule has 15 heavy (non-hydrogen) atoms. The number of benzene rings is 1. The summed E-state index contributed by atoms with van der Waals surface area (Å²) >= 11 is 0. The lowest BCUT2D eigenvalue weighted by Gasteiger charge is -2.12. The van der Waals surface area contributed by atoms with Gasteiger partial charge in [-0.15, -0.1) is 0 Å². The molecule has 0 aliphatic carbocycles. The Morgan fingerprint density at radius 3 is 2.73 bits per heavy atom. The Hall–Kier alpha value is -1.28. The molecule has 0 fully saturated rings. The second-order valence-corrected chi connectivity index (χ2v) is 3.73. The Kier molecular flexibility index (Phi) is 4.37. The zero-order chi connectivity index (χ0) is 11.3. The molecule has 1 aromatic rings. The quantitative estimate of drug-likeness (QED) is 0.820. The minimum Gasteiger partial charge on any atom is -0.497 e. The lowest BCUT2D eigenvalue weighted by Crippen LogP contribution is -1.96.